The second-order valence-corrected chi connectivity index (χ2v) is 13.5. The largest absolute Gasteiger partial charge is 0.492 e. The highest BCUT2D eigenvalue weighted by atomic mass is 32.1. The Bertz CT molecular complexity index is 1730. The second-order valence-electron chi connectivity index (χ2n) is 12.5. The molecule has 0 radical (unpaired) electrons. The molecule has 0 saturated carbocycles. The minimum atomic E-state index is -1.72. The van der Waals surface area contributed by atoms with E-state index in [9.17, 15) is 18.8 Å². The molecule has 0 aliphatic rings. The van der Waals surface area contributed by atoms with Crippen LogP contribution in [0.15, 0.2) is 72.8 Å². The summed E-state index contributed by atoms with van der Waals surface area (Å²) in [6.07, 6.45) is 0.0612. The summed E-state index contributed by atoms with van der Waals surface area (Å²) in [7, 11) is 0. The van der Waals surface area contributed by atoms with Crippen LogP contribution in [0.4, 0.5) is 14.5 Å². The number of allylic oxidation sites excluding steroid dienone is 1. The summed E-state index contributed by atoms with van der Waals surface area (Å²) in [4.78, 5) is 18.3. The maximum absolute atomic E-state index is 14.2. The Labute approximate surface area is 275 Å². The lowest BCUT2D eigenvalue weighted by Crippen LogP contribution is -2.11. The Kier molecular flexibility index (Phi) is 11.8. The van der Waals surface area contributed by atoms with Crippen LogP contribution < -0.4 is 10.1 Å². The lowest BCUT2D eigenvalue weighted by molar-refractivity contribution is 0.103. The van der Waals surface area contributed by atoms with E-state index >= 15 is 0 Å². The number of carbonyl (C=O) groups is 1. The first-order valence-electron chi connectivity index (χ1n) is 15.6. The topological polar surface area (TPSA) is 75.0 Å². The molecular weight excluding hydrogens is 601 g/mol. The van der Waals surface area contributed by atoms with Crippen LogP contribution >= 0.6 is 11.3 Å². The van der Waals surface area contributed by atoms with E-state index in [0.717, 1.165) is 12.0 Å². The van der Waals surface area contributed by atoms with Crippen molar-refractivity contribution in [2.75, 3.05) is 11.9 Å². The maximum Gasteiger partial charge on any atom is 0.274 e. The summed E-state index contributed by atoms with van der Waals surface area (Å²) in [5, 5.41) is 13.1. The third kappa shape index (κ3) is 9.11. The molecule has 1 aromatic heterocycles. The molecule has 1 atom stereocenters. The summed E-state index contributed by atoms with van der Waals surface area (Å²) in [6.45, 7) is 12.7. The number of thiazole rings is 1. The lowest BCUT2D eigenvalue weighted by Gasteiger charge is -2.15. The van der Waals surface area contributed by atoms with Crippen molar-refractivity contribution >= 4 is 28.5 Å². The first kappa shape index (κ1) is 34.5. The molecule has 5 nitrogen and oxygen atoms in total. The smallest absolute Gasteiger partial charge is 0.274 e. The number of hydrogen-bond acceptors (Lipinski definition) is 5. The van der Waals surface area contributed by atoms with Gasteiger partial charge in [0.15, 0.2) is 0 Å². The molecule has 8 heteroatoms. The second kappa shape index (κ2) is 15.8. The Morgan fingerprint density at radius 2 is 1.74 bits per heavy atom. The SMILES string of the molecule is Cc1nc(-c2ccc(OCC(C)C)c(C#N)c2)sc1C(=O)Nc1cccc(C(CC[C@@H](C)c2ccc(CC(C)C)cc2)=C(F)F)c1. The van der Waals surface area contributed by atoms with E-state index in [4.69, 9.17) is 4.74 Å². The average Bonchev–Trinajstić information content (AvgIpc) is 3.41. The number of anilines is 1. The third-order valence-electron chi connectivity index (χ3n) is 7.64. The van der Waals surface area contributed by atoms with Gasteiger partial charge in [0.2, 0.25) is 0 Å². The van der Waals surface area contributed by atoms with Gasteiger partial charge >= 0.3 is 0 Å². The summed E-state index contributed by atoms with van der Waals surface area (Å²) in [5.41, 5.74) is 4.82. The molecule has 0 aliphatic carbocycles. The number of halogens is 2. The van der Waals surface area contributed by atoms with E-state index in [1.165, 1.54) is 16.9 Å². The number of nitrogens with one attached hydrogen (secondary N) is 1. The van der Waals surface area contributed by atoms with Crippen molar-refractivity contribution < 1.29 is 18.3 Å². The van der Waals surface area contributed by atoms with Crippen LogP contribution in [0.2, 0.25) is 0 Å². The van der Waals surface area contributed by atoms with Gasteiger partial charge in [-0.05, 0) is 91.0 Å². The van der Waals surface area contributed by atoms with Crippen molar-refractivity contribution in [1.29, 1.82) is 5.26 Å². The fourth-order valence-electron chi connectivity index (χ4n) is 5.16. The van der Waals surface area contributed by atoms with Gasteiger partial charge in [0, 0.05) is 16.8 Å². The lowest BCUT2D eigenvalue weighted by atomic mass is 9.91. The van der Waals surface area contributed by atoms with Crippen LogP contribution in [0.3, 0.4) is 0 Å². The van der Waals surface area contributed by atoms with E-state index in [1.54, 1.807) is 43.3 Å². The van der Waals surface area contributed by atoms with Gasteiger partial charge in [-0.3, -0.25) is 4.79 Å². The predicted octanol–water partition coefficient (Wildman–Crippen LogP) is 10.7. The molecule has 240 valence electrons. The standard InChI is InChI=1S/C38H41F2N3O2S/c1-23(2)18-27-11-13-28(14-12-27)25(5)10-16-33(36(39)40)29-8-7-9-32(20-29)43-37(44)35-26(6)42-38(46-35)30-15-17-34(31(19-30)21-41)45-22-24(3)4/h7-9,11-15,17,19-20,23-25H,10,16,18,22H2,1-6H3,(H,43,44)/t25-/m1/s1. The van der Waals surface area contributed by atoms with Gasteiger partial charge in [-0.15, -0.1) is 11.3 Å². The molecule has 1 amide bonds. The molecule has 3 aromatic carbocycles. The number of aromatic nitrogens is 1. The molecule has 0 spiro atoms. The summed E-state index contributed by atoms with van der Waals surface area (Å²) < 4.78 is 34.2. The van der Waals surface area contributed by atoms with E-state index in [-0.39, 0.29) is 23.8 Å². The molecular formula is C38H41F2N3O2S. The van der Waals surface area contributed by atoms with Gasteiger partial charge in [-0.1, -0.05) is 71.0 Å². The zero-order valence-electron chi connectivity index (χ0n) is 27.3. The Balaban J connectivity index is 1.45. The quantitative estimate of drug-likeness (QED) is 0.158. The van der Waals surface area contributed by atoms with Crippen molar-refractivity contribution in [3.05, 3.63) is 106 Å². The zero-order chi connectivity index (χ0) is 33.4. The number of aryl methyl sites for hydroxylation is 1. The van der Waals surface area contributed by atoms with Gasteiger partial charge in [0.25, 0.3) is 12.0 Å². The first-order valence-corrected chi connectivity index (χ1v) is 16.5. The number of nitrogens with zero attached hydrogens (tertiary/aromatic N) is 2. The van der Waals surface area contributed by atoms with Crippen molar-refractivity contribution in [2.45, 2.75) is 66.7 Å². The summed E-state index contributed by atoms with van der Waals surface area (Å²) in [6, 6.07) is 22.5. The average molecular weight is 642 g/mol. The van der Waals surface area contributed by atoms with Crippen LogP contribution in [0.5, 0.6) is 5.75 Å². The molecule has 0 unspecified atom stereocenters. The predicted molar refractivity (Wildman–Crippen MR) is 183 cm³/mol. The van der Waals surface area contributed by atoms with Gasteiger partial charge in [0.1, 0.15) is 21.7 Å². The van der Waals surface area contributed by atoms with Crippen molar-refractivity contribution in [3.63, 3.8) is 0 Å². The van der Waals surface area contributed by atoms with Crippen LogP contribution in [0, 0.1) is 30.1 Å². The van der Waals surface area contributed by atoms with Gasteiger partial charge in [-0.2, -0.15) is 14.0 Å². The van der Waals surface area contributed by atoms with E-state index < -0.39 is 6.08 Å². The minimum Gasteiger partial charge on any atom is -0.492 e. The number of nitriles is 1. The Morgan fingerprint density at radius 1 is 1.00 bits per heavy atom. The molecule has 0 bridgehead atoms. The molecule has 46 heavy (non-hydrogen) atoms. The van der Waals surface area contributed by atoms with Crippen LogP contribution in [-0.2, 0) is 6.42 Å². The number of hydrogen-bond donors (Lipinski definition) is 1. The molecule has 1 heterocycles. The molecule has 0 aliphatic heterocycles. The highest BCUT2D eigenvalue weighted by Gasteiger charge is 2.19. The van der Waals surface area contributed by atoms with Gasteiger partial charge < -0.3 is 10.1 Å². The van der Waals surface area contributed by atoms with Crippen molar-refractivity contribution in [2.24, 2.45) is 11.8 Å². The zero-order valence-corrected chi connectivity index (χ0v) is 28.1. The number of ether oxygens (including phenoxy) is 1. The van der Waals surface area contributed by atoms with Gasteiger partial charge in [0.05, 0.1) is 17.9 Å². The number of carbonyl (C=O) groups excluding carboxylic acids is 1. The highest BCUT2D eigenvalue weighted by molar-refractivity contribution is 7.17. The third-order valence-corrected chi connectivity index (χ3v) is 8.84. The van der Waals surface area contributed by atoms with Crippen molar-refractivity contribution in [1.82, 2.24) is 4.98 Å². The first-order chi connectivity index (χ1) is 21.9. The minimum absolute atomic E-state index is 0.0234. The number of amides is 1. The Hall–Kier alpha value is -4.35. The Morgan fingerprint density at radius 3 is 2.39 bits per heavy atom. The molecule has 0 fully saturated rings. The molecule has 0 saturated heterocycles. The van der Waals surface area contributed by atoms with Crippen molar-refractivity contribution in [3.8, 4) is 22.4 Å². The summed E-state index contributed by atoms with van der Waals surface area (Å²) in [5.74, 6) is 1.14. The number of rotatable bonds is 13. The molecule has 4 rings (SSSR count). The maximum atomic E-state index is 14.2. The number of benzene rings is 3. The summed E-state index contributed by atoms with van der Waals surface area (Å²) >= 11 is 1.21. The van der Waals surface area contributed by atoms with E-state index in [2.05, 4.69) is 61.4 Å². The van der Waals surface area contributed by atoms with E-state index in [0.29, 0.717) is 68.6 Å². The van der Waals surface area contributed by atoms with Crippen LogP contribution in [-0.4, -0.2) is 17.5 Å². The fraction of sp³-hybridized carbons (Fsp3) is 0.342. The fourth-order valence-corrected chi connectivity index (χ4v) is 6.12. The molecule has 1 N–H and O–H groups in total. The van der Waals surface area contributed by atoms with Crippen LogP contribution in [0.25, 0.3) is 16.1 Å². The monoisotopic (exact) mass is 641 g/mol. The van der Waals surface area contributed by atoms with Gasteiger partial charge in [-0.25, -0.2) is 4.98 Å². The van der Waals surface area contributed by atoms with Crippen LogP contribution in [0.1, 0.15) is 91.0 Å². The normalized spacial score (nSPS) is 11.8. The van der Waals surface area contributed by atoms with E-state index in [1.807, 2.05) is 19.9 Å². The molecule has 4 aromatic rings. The highest BCUT2D eigenvalue weighted by Crippen LogP contribution is 2.34.